The lowest BCUT2D eigenvalue weighted by Gasteiger charge is -2.08. The van der Waals surface area contributed by atoms with Crippen LogP contribution in [0.25, 0.3) is 11.3 Å². The maximum atomic E-state index is 8.88. The first-order valence-corrected chi connectivity index (χ1v) is 6.44. The van der Waals surface area contributed by atoms with Crippen molar-refractivity contribution in [3.05, 3.63) is 28.6 Å². The van der Waals surface area contributed by atoms with Crippen LogP contribution in [0.4, 0.5) is 0 Å². The minimum absolute atomic E-state index is 0.124. The average molecular weight is 265 g/mol. The lowest BCUT2D eigenvalue weighted by molar-refractivity contribution is 0.299. The van der Waals surface area contributed by atoms with Gasteiger partial charge in [-0.2, -0.15) is 0 Å². The molecule has 2 rings (SSSR count). The van der Waals surface area contributed by atoms with Crippen molar-refractivity contribution in [2.24, 2.45) is 0 Å². The highest BCUT2D eigenvalue weighted by atomic mass is 32.1. The van der Waals surface area contributed by atoms with Gasteiger partial charge in [-0.25, -0.2) is 4.98 Å². The van der Waals surface area contributed by atoms with Crippen molar-refractivity contribution >= 4 is 11.3 Å². The third kappa shape index (κ3) is 2.63. The van der Waals surface area contributed by atoms with Crippen LogP contribution in [-0.2, 0) is 6.42 Å². The van der Waals surface area contributed by atoms with Gasteiger partial charge in [0.2, 0.25) is 0 Å². The number of rotatable bonds is 5. The molecule has 0 aliphatic rings. The summed E-state index contributed by atoms with van der Waals surface area (Å²) >= 11 is 1.55. The second kappa shape index (κ2) is 5.84. The maximum absolute atomic E-state index is 8.88. The second-order valence-corrected chi connectivity index (χ2v) is 4.61. The zero-order valence-electron chi connectivity index (χ0n) is 10.3. The van der Waals surface area contributed by atoms with E-state index in [1.807, 2.05) is 23.6 Å². The Balaban J connectivity index is 2.31. The number of aliphatic hydroxyl groups is 1. The molecule has 5 heteroatoms. The van der Waals surface area contributed by atoms with Crippen LogP contribution in [0.1, 0.15) is 5.01 Å². The highest BCUT2D eigenvalue weighted by molar-refractivity contribution is 7.09. The molecule has 4 nitrogen and oxygen atoms in total. The van der Waals surface area contributed by atoms with Crippen LogP contribution in [0.5, 0.6) is 11.5 Å². The summed E-state index contributed by atoms with van der Waals surface area (Å²) in [5.41, 5.74) is 1.87. The number of nitrogens with zero attached hydrogens (tertiary/aromatic N) is 1. The van der Waals surface area contributed by atoms with Crippen molar-refractivity contribution in [2.45, 2.75) is 6.42 Å². The average Bonchev–Trinajstić information content (AvgIpc) is 2.87. The summed E-state index contributed by atoms with van der Waals surface area (Å²) in [6.07, 6.45) is 0.595. The Morgan fingerprint density at radius 2 is 2.00 bits per heavy atom. The molecule has 0 amide bonds. The van der Waals surface area contributed by atoms with Crippen molar-refractivity contribution in [2.75, 3.05) is 20.8 Å². The number of hydrogen-bond donors (Lipinski definition) is 1. The van der Waals surface area contributed by atoms with E-state index in [-0.39, 0.29) is 6.61 Å². The topological polar surface area (TPSA) is 51.6 Å². The predicted molar refractivity (Wildman–Crippen MR) is 71.4 cm³/mol. The summed E-state index contributed by atoms with van der Waals surface area (Å²) in [5, 5.41) is 11.8. The van der Waals surface area contributed by atoms with Crippen LogP contribution in [0.2, 0.25) is 0 Å². The Labute approximate surface area is 110 Å². The number of benzene rings is 1. The molecular weight excluding hydrogens is 250 g/mol. The molecule has 0 bridgehead atoms. The van der Waals surface area contributed by atoms with E-state index in [1.165, 1.54) is 0 Å². The minimum Gasteiger partial charge on any atom is -0.493 e. The molecule has 0 fully saturated rings. The zero-order valence-corrected chi connectivity index (χ0v) is 11.2. The van der Waals surface area contributed by atoms with E-state index in [0.29, 0.717) is 17.9 Å². The number of aromatic nitrogens is 1. The number of hydrogen-bond acceptors (Lipinski definition) is 5. The van der Waals surface area contributed by atoms with Gasteiger partial charge in [0.25, 0.3) is 0 Å². The molecule has 0 saturated carbocycles. The molecule has 0 atom stereocenters. The summed E-state index contributed by atoms with van der Waals surface area (Å²) in [5.74, 6) is 1.39. The van der Waals surface area contributed by atoms with E-state index >= 15 is 0 Å². The van der Waals surface area contributed by atoms with Gasteiger partial charge in [0.1, 0.15) is 0 Å². The fraction of sp³-hybridized carbons (Fsp3) is 0.308. The standard InChI is InChI=1S/C13H15NO3S/c1-16-11-4-3-9(7-12(11)17-2)10-8-18-13(14-10)5-6-15/h3-4,7-8,15H,5-6H2,1-2H3. The fourth-order valence-corrected chi connectivity index (χ4v) is 2.45. The van der Waals surface area contributed by atoms with E-state index < -0.39 is 0 Å². The molecular formula is C13H15NO3S. The van der Waals surface area contributed by atoms with E-state index in [2.05, 4.69) is 4.98 Å². The summed E-state index contributed by atoms with van der Waals surface area (Å²) in [4.78, 5) is 4.46. The van der Waals surface area contributed by atoms with Crippen molar-refractivity contribution < 1.29 is 14.6 Å². The Kier molecular flexibility index (Phi) is 4.17. The largest absolute Gasteiger partial charge is 0.493 e. The highest BCUT2D eigenvalue weighted by Gasteiger charge is 2.09. The Hall–Kier alpha value is -1.59. The van der Waals surface area contributed by atoms with Gasteiger partial charge in [-0.15, -0.1) is 11.3 Å². The van der Waals surface area contributed by atoms with E-state index in [9.17, 15) is 0 Å². The van der Waals surface area contributed by atoms with E-state index in [0.717, 1.165) is 16.3 Å². The van der Waals surface area contributed by atoms with Crippen molar-refractivity contribution in [3.8, 4) is 22.8 Å². The van der Waals surface area contributed by atoms with Gasteiger partial charge in [0.15, 0.2) is 11.5 Å². The predicted octanol–water partition coefficient (Wildman–Crippen LogP) is 2.36. The van der Waals surface area contributed by atoms with E-state index in [4.69, 9.17) is 14.6 Å². The van der Waals surface area contributed by atoms with Crippen molar-refractivity contribution in [3.63, 3.8) is 0 Å². The van der Waals surface area contributed by atoms with Crippen LogP contribution in [0.3, 0.4) is 0 Å². The highest BCUT2D eigenvalue weighted by Crippen LogP contribution is 2.32. The molecule has 1 aromatic carbocycles. The van der Waals surface area contributed by atoms with Crippen LogP contribution >= 0.6 is 11.3 Å². The lowest BCUT2D eigenvalue weighted by atomic mass is 10.1. The molecule has 0 spiro atoms. The van der Waals surface area contributed by atoms with Gasteiger partial charge < -0.3 is 14.6 Å². The van der Waals surface area contributed by atoms with Gasteiger partial charge in [-0.1, -0.05) is 0 Å². The van der Waals surface area contributed by atoms with E-state index in [1.54, 1.807) is 25.6 Å². The number of ether oxygens (including phenoxy) is 2. The smallest absolute Gasteiger partial charge is 0.161 e. The van der Waals surface area contributed by atoms with Gasteiger partial charge in [-0.05, 0) is 18.2 Å². The molecule has 1 N–H and O–H groups in total. The summed E-state index contributed by atoms with van der Waals surface area (Å²) < 4.78 is 10.5. The molecule has 0 aliphatic carbocycles. The molecule has 0 unspecified atom stereocenters. The quantitative estimate of drug-likeness (QED) is 0.901. The van der Waals surface area contributed by atoms with Gasteiger partial charge in [0, 0.05) is 24.0 Å². The molecule has 0 aliphatic heterocycles. The fourth-order valence-electron chi connectivity index (χ4n) is 1.65. The lowest BCUT2D eigenvalue weighted by Crippen LogP contribution is -1.92. The van der Waals surface area contributed by atoms with Gasteiger partial charge in [0.05, 0.1) is 24.9 Å². The summed E-state index contributed by atoms with van der Waals surface area (Å²) in [7, 11) is 3.22. The van der Waals surface area contributed by atoms with Crippen molar-refractivity contribution in [1.82, 2.24) is 4.98 Å². The third-order valence-electron chi connectivity index (χ3n) is 2.56. The molecule has 0 radical (unpaired) electrons. The van der Waals surface area contributed by atoms with Crippen LogP contribution < -0.4 is 9.47 Å². The Morgan fingerprint density at radius 3 is 2.67 bits per heavy atom. The molecule has 1 heterocycles. The SMILES string of the molecule is COc1ccc(-c2csc(CCO)n2)cc1OC. The van der Waals surface area contributed by atoms with Crippen LogP contribution in [0, 0.1) is 0 Å². The minimum atomic E-state index is 0.124. The van der Waals surface area contributed by atoms with Gasteiger partial charge >= 0.3 is 0 Å². The van der Waals surface area contributed by atoms with Gasteiger partial charge in [-0.3, -0.25) is 0 Å². The number of thiazole rings is 1. The summed E-state index contributed by atoms with van der Waals surface area (Å²) in [6.45, 7) is 0.124. The monoisotopic (exact) mass is 265 g/mol. The first kappa shape index (κ1) is 12.9. The molecule has 18 heavy (non-hydrogen) atoms. The number of aliphatic hydroxyl groups excluding tert-OH is 1. The zero-order chi connectivity index (χ0) is 13.0. The maximum Gasteiger partial charge on any atom is 0.161 e. The molecule has 2 aromatic rings. The van der Waals surface area contributed by atoms with Crippen molar-refractivity contribution in [1.29, 1.82) is 0 Å². The summed E-state index contributed by atoms with van der Waals surface area (Å²) in [6, 6.07) is 5.70. The molecule has 96 valence electrons. The second-order valence-electron chi connectivity index (χ2n) is 3.67. The normalized spacial score (nSPS) is 10.4. The molecule has 0 saturated heterocycles. The first-order chi connectivity index (χ1) is 8.78. The van der Waals surface area contributed by atoms with Crippen LogP contribution in [0.15, 0.2) is 23.6 Å². The third-order valence-corrected chi connectivity index (χ3v) is 3.47. The first-order valence-electron chi connectivity index (χ1n) is 5.56. The Morgan fingerprint density at radius 1 is 1.22 bits per heavy atom. The Bertz CT molecular complexity index is 525. The van der Waals surface area contributed by atoms with Crippen LogP contribution in [-0.4, -0.2) is 30.9 Å². The number of methoxy groups -OCH3 is 2. The molecule has 1 aromatic heterocycles.